The van der Waals surface area contributed by atoms with Gasteiger partial charge in [-0.05, 0) is 62.5 Å². The van der Waals surface area contributed by atoms with E-state index < -0.39 is 80.8 Å². The van der Waals surface area contributed by atoms with Gasteiger partial charge in [-0.3, -0.25) is 19.1 Å². The highest BCUT2D eigenvalue weighted by atomic mass is 32.2. The molecular formula is C36H48FN7O9S. The van der Waals surface area contributed by atoms with E-state index in [1.165, 1.54) is 12.0 Å². The van der Waals surface area contributed by atoms with Gasteiger partial charge in [0.05, 0.1) is 24.6 Å². The Morgan fingerprint density at radius 3 is 2.56 bits per heavy atom. The van der Waals surface area contributed by atoms with Gasteiger partial charge in [0.15, 0.2) is 0 Å². The van der Waals surface area contributed by atoms with Crippen LogP contribution in [0, 0.1) is 17.8 Å². The fraction of sp³-hybridized carbons (Fsp3) is 0.611. The van der Waals surface area contributed by atoms with Crippen molar-refractivity contribution in [2.75, 3.05) is 39.3 Å². The van der Waals surface area contributed by atoms with Crippen molar-refractivity contribution < 1.29 is 46.6 Å². The molecule has 1 aromatic heterocycles. The van der Waals surface area contributed by atoms with E-state index in [2.05, 4.69) is 25.3 Å². The lowest BCUT2D eigenvalue weighted by Gasteiger charge is -2.32. The lowest BCUT2D eigenvalue weighted by atomic mass is 9.88. The number of sulfonamides is 1. The van der Waals surface area contributed by atoms with Gasteiger partial charge >= 0.3 is 6.09 Å². The highest BCUT2D eigenvalue weighted by Gasteiger charge is 2.64. The summed E-state index contributed by atoms with van der Waals surface area (Å²) in [5.74, 6) is -2.24. The third-order valence-electron chi connectivity index (χ3n) is 11.1. The van der Waals surface area contributed by atoms with Crippen LogP contribution in [0.4, 0.5) is 15.1 Å². The lowest BCUT2D eigenvalue weighted by Crippen LogP contribution is -2.59. The topological polar surface area (TPSA) is 209 Å². The third kappa shape index (κ3) is 7.61. The SMILES string of the molecule is COc1ccc2c(O[C@@H]3C[C@H]4C(=O)N[C@]5(C(=O)NS(=O)(=O)C6(CF)CC6)C[C@H]5/C=C\CC[C@@H](C)C[C@@H](C)[C@H](NC(=O)O)C(=O)N4C3)nc(N(C)C)nc2c1. The van der Waals surface area contributed by atoms with Gasteiger partial charge in [-0.2, -0.15) is 4.98 Å². The number of halogens is 1. The average Bonchev–Trinajstić information content (AvgIpc) is 4.02. The van der Waals surface area contributed by atoms with E-state index in [-0.39, 0.29) is 44.0 Å². The highest BCUT2D eigenvalue weighted by molar-refractivity contribution is 7.91. The predicted octanol–water partition coefficient (Wildman–Crippen LogP) is 2.52. The third-order valence-corrected chi connectivity index (χ3v) is 13.2. The number of ether oxygens (including phenoxy) is 2. The Balaban J connectivity index is 1.36. The summed E-state index contributed by atoms with van der Waals surface area (Å²) in [7, 11) is 0.656. The summed E-state index contributed by atoms with van der Waals surface area (Å²) >= 11 is 0. The number of allylic oxidation sites excluding steroid dienone is 1. The molecule has 0 unspecified atom stereocenters. The van der Waals surface area contributed by atoms with E-state index in [0.717, 1.165) is 0 Å². The van der Waals surface area contributed by atoms with Gasteiger partial charge in [-0.1, -0.05) is 26.0 Å². The molecule has 54 heavy (non-hydrogen) atoms. The molecule has 1 saturated heterocycles. The van der Waals surface area contributed by atoms with Crippen LogP contribution >= 0.6 is 0 Å². The second-order valence-electron chi connectivity index (χ2n) is 15.4. The molecule has 4 amide bonds. The molecule has 3 fully saturated rings. The fourth-order valence-electron chi connectivity index (χ4n) is 7.53. The van der Waals surface area contributed by atoms with Crippen molar-refractivity contribution >= 4 is 50.7 Å². The van der Waals surface area contributed by atoms with Crippen molar-refractivity contribution in [3.8, 4) is 11.6 Å². The molecule has 2 aromatic rings. The number of carbonyl (C=O) groups excluding carboxylic acids is 3. The van der Waals surface area contributed by atoms with Crippen LogP contribution < -0.4 is 29.7 Å². The largest absolute Gasteiger partial charge is 0.497 e. The number of anilines is 1. The Morgan fingerprint density at radius 2 is 1.91 bits per heavy atom. The number of nitrogens with one attached hydrogen (secondary N) is 3. The van der Waals surface area contributed by atoms with E-state index in [4.69, 9.17) is 9.47 Å². The molecule has 2 saturated carbocycles. The number of methoxy groups -OCH3 is 1. The van der Waals surface area contributed by atoms with E-state index in [0.29, 0.717) is 41.9 Å². The minimum atomic E-state index is -4.40. The summed E-state index contributed by atoms with van der Waals surface area (Å²) in [6.07, 6.45) is 3.38. The maximum Gasteiger partial charge on any atom is 0.405 e. The number of benzene rings is 1. The molecule has 0 radical (unpaired) electrons. The maximum absolute atomic E-state index is 14.4. The zero-order valence-electron chi connectivity index (χ0n) is 31.0. The Hall–Kier alpha value is -4.74. The normalized spacial score (nSPS) is 30.1. The molecule has 0 bridgehead atoms. The zero-order valence-corrected chi connectivity index (χ0v) is 31.8. The maximum atomic E-state index is 14.4. The number of fused-ring (bicyclic) bond motifs is 3. The summed E-state index contributed by atoms with van der Waals surface area (Å²) in [5.41, 5.74) is -1.16. The first-order valence-corrected chi connectivity index (χ1v) is 19.6. The van der Waals surface area contributed by atoms with Crippen LogP contribution in [-0.2, 0) is 24.4 Å². The summed E-state index contributed by atoms with van der Waals surface area (Å²) in [6.45, 7) is 2.50. The number of nitrogens with zero attached hydrogens (tertiary/aromatic N) is 4. The quantitative estimate of drug-likeness (QED) is 0.271. The molecule has 18 heteroatoms. The van der Waals surface area contributed by atoms with Gasteiger partial charge < -0.3 is 35.0 Å². The van der Waals surface area contributed by atoms with Gasteiger partial charge in [0.2, 0.25) is 33.7 Å². The first-order valence-electron chi connectivity index (χ1n) is 18.1. The Kier molecular flexibility index (Phi) is 10.7. The Bertz CT molecular complexity index is 1960. The standard InChI is InChI=1S/C36H48FN7O9S/c1-20-8-6-7-9-22-17-36(22,32(47)42-54(50,51)35(19-37)12-13-35)41-29(45)27-16-24(18-44(27)31(46)28(21(2)14-20)39-34(48)49)53-30-25-11-10-23(52-5)15-26(25)38-33(40-30)43(3)4/h7,9-11,15,20-22,24,27-28,39H,6,8,12-14,16-19H2,1-5H3,(H,41,45)(H,42,47)(H,48,49)/b9-7-/t20-,21-,22-,24-,27+,28+,36-/m1/s1. The van der Waals surface area contributed by atoms with Crippen molar-refractivity contribution in [1.29, 1.82) is 0 Å². The van der Waals surface area contributed by atoms with Crippen LogP contribution in [0.2, 0.25) is 0 Å². The summed E-state index contributed by atoms with van der Waals surface area (Å²) < 4.78 is 52.3. The summed E-state index contributed by atoms with van der Waals surface area (Å²) in [6, 6.07) is 2.72. The molecule has 2 aliphatic carbocycles. The monoisotopic (exact) mass is 773 g/mol. The minimum Gasteiger partial charge on any atom is -0.497 e. The molecule has 294 valence electrons. The number of hydrogen-bond donors (Lipinski definition) is 4. The molecule has 6 rings (SSSR count). The molecule has 0 spiro atoms. The molecular weight excluding hydrogens is 726 g/mol. The molecule has 1 aromatic carbocycles. The van der Waals surface area contributed by atoms with Crippen LogP contribution in [0.1, 0.15) is 58.8 Å². The van der Waals surface area contributed by atoms with E-state index in [1.807, 2.05) is 13.0 Å². The van der Waals surface area contributed by atoms with E-state index in [9.17, 15) is 37.1 Å². The lowest BCUT2D eigenvalue weighted by molar-refractivity contribution is -0.142. The fourth-order valence-corrected chi connectivity index (χ4v) is 8.95. The number of hydrogen-bond acceptors (Lipinski definition) is 11. The molecule has 7 atom stereocenters. The van der Waals surface area contributed by atoms with Crippen LogP contribution in [0.25, 0.3) is 10.9 Å². The van der Waals surface area contributed by atoms with Gasteiger partial charge in [-0.15, -0.1) is 0 Å². The zero-order chi connectivity index (χ0) is 39.2. The average molecular weight is 774 g/mol. The van der Waals surface area contributed by atoms with Crippen molar-refractivity contribution in [3.63, 3.8) is 0 Å². The van der Waals surface area contributed by atoms with Gasteiger partial charge in [0.1, 0.15) is 40.9 Å². The number of aromatic nitrogens is 2. The first kappa shape index (κ1) is 39.0. The Morgan fingerprint density at radius 1 is 1.17 bits per heavy atom. The second kappa shape index (κ2) is 14.8. The number of alkyl halides is 1. The minimum absolute atomic E-state index is 0.0669. The smallest absolute Gasteiger partial charge is 0.405 e. The van der Waals surface area contributed by atoms with Crippen LogP contribution in [0.15, 0.2) is 30.4 Å². The summed E-state index contributed by atoms with van der Waals surface area (Å²) in [4.78, 5) is 66.8. The molecule has 4 N–H and O–H groups in total. The number of carbonyl (C=O) groups is 4. The number of amides is 4. The van der Waals surface area contributed by atoms with E-state index in [1.54, 1.807) is 50.2 Å². The highest BCUT2D eigenvalue weighted by Crippen LogP contribution is 2.48. The predicted molar refractivity (Wildman–Crippen MR) is 195 cm³/mol. The van der Waals surface area contributed by atoms with Gasteiger partial charge in [-0.25, -0.2) is 22.6 Å². The number of rotatable bonds is 9. The summed E-state index contributed by atoms with van der Waals surface area (Å²) in [5, 5.41) is 15.5. The van der Waals surface area contributed by atoms with E-state index >= 15 is 0 Å². The van der Waals surface area contributed by atoms with Crippen LogP contribution in [-0.4, -0.2) is 115 Å². The molecule has 16 nitrogen and oxygen atoms in total. The van der Waals surface area contributed by atoms with Crippen LogP contribution in [0.5, 0.6) is 11.6 Å². The van der Waals surface area contributed by atoms with Crippen molar-refractivity contribution in [1.82, 2.24) is 30.2 Å². The van der Waals surface area contributed by atoms with Gasteiger partial charge in [0, 0.05) is 32.5 Å². The second-order valence-corrected chi connectivity index (χ2v) is 17.4. The van der Waals surface area contributed by atoms with Crippen molar-refractivity contribution in [2.24, 2.45) is 17.8 Å². The van der Waals surface area contributed by atoms with Crippen molar-refractivity contribution in [3.05, 3.63) is 30.4 Å². The number of carboxylic acid groups (broad SMARTS) is 1. The first-order chi connectivity index (χ1) is 25.5. The van der Waals surface area contributed by atoms with Crippen molar-refractivity contribution in [2.45, 2.75) is 87.3 Å². The molecule has 2 aliphatic heterocycles. The van der Waals surface area contributed by atoms with Crippen LogP contribution in [0.3, 0.4) is 0 Å². The Labute approximate surface area is 313 Å². The molecule has 4 aliphatic rings. The van der Waals surface area contributed by atoms with Gasteiger partial charge in [0.25, 0.3) is 5.91 Å². The molecule has 3 heterocycles.